The molecular formula is C19H16BrClN2O. The second-order valence-corrected chi connectivity index (χ2v) is 7.00. The second kappa shape index (κ2) is 6.91. The number of ether oxygens (including phenoxy) is 1. The van der Waals surface area contributed by atoms with Crippen molar-refractivity contribution in [2.75, 3.05) is 0 Å². The molecule has 0 spiro atoms. The maximum absolute atomic E-state index is 6.11. The third-order valence-electron chi connectivity index (χ3n) is 3.62. The van der Waals surface area contributed by atoms with E-state index in [0.29, 0.717) is 10.9 Å². The van der Waals surface area contributed by atoms with Crippen LogP contribution in [0.4, 0.5) is 0 Å². The first-order valence-corrected chi connectivity index (χ1v) is 8.64. The van der Waals surface area contributed by atoms with E-state index < -0.39 is 0 Å². The normalized spacial score (nSPS) is 10.7. The molecule has 3 rings (SSSR count). The van der Waals surface area contributed by atoms with Crippen molar-refractivity contribution in [1.82, 2.24) is 9.97 Å². The first-order valence-electron chi connectivity index (χ1n) is 7.47. The van der Waals surface area contributed by atoms with E-state index in [1.807, 2.05) is 32.0 Å². The van der Waals surface area contributed by atoms with Crippen molar-refractivity contribution in [3.63, 3.8) is 0 Å². The second-order valence-electron chi connectivity index (χ2n) is 5.71. The summed E-state index contributed by atoms with van der Waals surface area (Å²) in [6.07, 6.45) is 3.33. The maximum Gasteiger partial charge on any atom is 0.234 e. The largest absolute Gasteiger partial charge is 0.437 e. The fraction of sp³-hybridized carbons (Fsp3) is 0.158. The van der Waals surface area contributed by atoms with E-state index in [1.54, 1.807) is 12.4 Å². The number of halogens is 2. The lowest BCUT2D eigenvalue weighted by molar-refractivity contribution is 0.453. The van der Waals surface area contributed by atoms with Crippen LogP contribution >= 0.6 is 27.5 Å². The highest BCUT2D eigenvalue weighted by Gasteiger charge is 2.12. The topological polar surface area (TPSA) is 35.0 Å². The monoisotopic (exact) mass is 402 g/mol. The Morgan fingerprint density at radius 2 is 1.71 bits per heavy atom. The van der Waals surface area contributed by atoms with Gasteiger partial charge < -0.3 is 4.74 Å². The minimum Gasteiger partial charge on any atom is -0.437 e. The van der Waals surface area contributed by atoms with Crippen LogP contribution in [0, 0.1) is 20.8 Å². The van der Waals surface area contributed by atoms with Gasteiger partial charge >= 0.3 is 0 Å². The van der Waals surface area contributed by atoms with Crippen LogP contribution in [0.15, 0.2) is 47.2 Å². The highest BCUT2D eigenvalue weighted by atomic mass is 79.9. The van der Waals surface area contributed by atoms with Gasteiger partial charge in [0.25, 0.3) is 0 Å². The highest BCUT2D eigenvalue weighted by Crippen LogP contribution is 2.34. The van der Waals surface area contributed by atoms with Crippen molar-refractivity contribution in [3.8, 4) is 22.9 Å². The fourth-order valence-electron chi connectivity index (χ4n) is 2.63. The standard InChI is InChI=1S/C19H16BrClN2O/c1-11-6-12(2)18(13(3)7-11)24-19-16(20)4-5-17(23-19)14-8-15(21)10-22-9-14/h4-10H,1-3H3. The molecule has 1 aromatic carbocycles. The van der Waals surface area contributed by atoms with E-state index in [4.69, 9.17) is 16.3 Å². The molecule has 0 saturated carbocycles. The van der Waals surface area contributed by atoms with Gasteiger partial charge in [-0.15, -0.1) is 0 Å². The molecule has 0 atom stereocenters. The van der Waals surface area contributed by atoms with Crippen LogP contribution in [0.2, 0.25) is 5.02 Å². The molecule has 2 aromatic heterocycles. The Kier molecular flexibility index (Phi) is 4.88. The predicted molar refractivity (Wildman–Crippen MR) is 101 cm³/mol. The Balaban J connectivity index is 2.02. The average molecular weight is 404 g/mol. The summed E-state index contributed by atoms with van der Waals surface area (Å²) in [5.41, 5.74) is 4.97. The summed E-state index contributed by atoms with van der Waals surface area (Å²) in [4.78, 5) is 8.73. The van der Waals surface area contributed by atoms with Gasteiger partial charge in [0.05, 0.1) is 15.2 Å². The summed E-state index contributed by atoms with van der Waals surface area (Å²) in [5.74, 6) is 1.35. The lowest BCUT2D eigenvalue weighted by atomic mass is 10.1. The van der Waals surface area contributed by atoms with Crippen LogP contribution in [0.5, 0.6) is 11.6 Å². The lowest BCUT2D eigenvalue weighted by Gasteiger charge is -2.14. The third kappa shape index (κ3) is 3.60. The quantitative estimate of drug-likeness (QED) is 0.516. The minimum atomic E-state index is 0.516. The molecule has 0 aliphatic rings. The number of hydrogen-bond donors (Lipinski definition) is 0. The van der Waals surface area contributed by atoms with Crippen LogP contribution < -0.4 is 4.74 Å². The number of pyridine rings is 2. The number of nitrogens with zero attached hydrogens (tertiary/aromatic N) is 2. The molecule has 3 aromatic rings. The van der Waals surface area contributed by atoms with E-state index in [1.165, 1.54) is 5.56 Å². The van der Waals surface area contributed by atoms with Crippen molar-refractivity contribution in [1.29, 1.82) is 0 Å². The minimum absolute atomic E-state index is 0.516. The van der Waals surface area contributed by atoms with Crippen molar-refractivity contribution < 1.29 is 4.74 Å². The van der Waals surface area contributed by atoms with E-state index >= 15 is 0 Å². The number of rotatable bonds is 3. The Bertz CT molecular complexity index is 889. The molecule has 2 heterocycles. The first kappa shape index (κ1) is 16.9. The van der Waals surface area contributed by atoms with Crippen LogP contribution in [0.25, 0.3) is 11.3 Å². The van der Waals surface area contributed by atoms with Crippen molar-refractivity contribution >= 4 is 27.5 Å². The van der Waals surface area contributed by atoms with Gasteiger partial charge in [-0.1, -0.05) is 29.3 Å². The molecule has 0 amide bonds. The van der Waals surface area contributed by atoms with Gasteiger partial charge in [-0.25, -0.2) is 4.98 Å². The van der Waals surface area contributed by atoms with Crippen LogP contribution in [0.1, 0.15) is 16.7 Å². The van der Waals surface area contributed by atoms with Gasteiger partial charge in [0.15, 0.2) is 0 Å². The zero-order valence-corrected chi connectivity index (χ0v) is 15.9. The van der Waals surface area contributed by atoms with Crippen molar-refractivity contribution in [3.05, 3.63) is 68.9 Å². The van der Waals surface area contributed by atoms with Gasteiger partial charge in [0.1, 0.15) is 5.75 Å². The van der Waals surface area contributed by atoms with E-state index in [-0.39, 0.29) is 0 Å². The molecule has 3 nitrogen and oxygen atoms in total. The maximum atomic E-state index is 6.11. The molecule has 0 N–H and O–H groups in total. The summed E-state index contributed by atoms with van der Waals surface area (Å²) in [6.45, 7) is 6.15. The van der Waals surface area contributed by atoms with E-state index in [9.17, 15) is 0 Å². The predicted octanol–water partition coefficient (Wildman–Crippen LogP) is 6.28. The van der Waals surface area contributed by atoms with E-state index in [2.05, 4.69) is 45.0 Å². The Hall–Kier alpha value is -1.91. The lowest BCUT2D eigenvalue weighted by Crippen LogP contribution is -1.96. The molecule has 0 saturated heterocycles. The summed E-state index contributed by atoms with van der Waals surface area (Å²) < 4.78 is 6.90. The van der Waals surface area contributed by atoms with E-state index in [0.717, 1.165) is 32.6 Å². The van der Waals surface area contributed by atoms with Crippen LogP contribution in [-0.2, 0) is 0 Å². The van der Waals surface area contributed by atoms with Gasteiger partial charge in [-0.2, -0.15) is 0 Å². The molecule has 5 heteroatoms. The Morgan fingerprint density at radius 1 is 1.00 bits per heavy atom. The Morgan fingerprint density at radius 3 is 2.38 bits per heavy atom. The van der Waals surface area contributed by atoms with Gasteiger partial charge in [-0.3, -0.25) is 4.98 Å². The summed E-state index contributed by atoms with van der Waals surface area (Å²) >= 11 is 9.53. The molecule has 0 bridgehead atoms. The summed E-state index contributed by atoms with van der Waals surface area (Å²) in [7, 11) is 0. The molecule has 0 unspecified atom stereocenters. The molecular weight excluding hydrogens is 388 g/mol. The first-order chi connectivity index (χ1) is 11.4. The summed E-state index contributed by atoms with van der Waals surface area (Å²) in [5, 5.41) is 0.574. The molecule has 0 radical (unpaired) electrons. The number of benzene rings is 1. The number of aromatic nitrogens is 2. The highest BCUT2D eigenvalue weighted by molar-refractivity contribution is 9.10. The van der Waals surface area contributed by atoms with Crippen LogP contribution in [-0.4, -0.2) is 9.97 Å². The molecule has 0 aliphatic heterocycles. The number of aryl methyl sites for hydroxylation is 3. The average Bonchev–Trinajstić information content (AvgIpc) is 2.52. The SMILES string of the molecule is Cc1cc(C)c(Oc2nc(-c3cncc(Cl)c3)ccc2Br)c(C)c1. The number of hydrogen-bond acceptors (Lipinski definition) is 3. The molecule has 122 valence electrons. The van der Waals surface area contributed by atoms with Gasteiger partial charge in [0, 0.05) is 18.0 Å². The zero-order chi connectivity index (χ0) is 17.3. The third-order valence-corrected chi connectivity index (χ3v) is 4.43. The van der Waals surface area contributed by atoms with Crippen LogP contribution in [0.3, 0.4) is 0 Å². The van der Waals surface area contributed by atoms with Gasteiger partial charge in [-0.05, 0) is 66.0 Å². The van der Waals surface area contributed by atoms with Crippen molar-refractivity contribution in [2.24, 2.45) is 0 Å². The summed E-state index contributed by atoms with van der Waals surface area (Å²) in [6, 6.07) is 9.84. The van der Waals surface area contributed by atoms with Gasteiger partial charge in [0.2, 0.25) is 5.88 Å². The molecule has 0 aliphatic carbocycles. The fourth-order valence-corrected chi connectivity index (χ4v) is 3.11. The Labute approximate surface area is 154 Å². The zero-order valence-electron chi connectivity index (χ0n) is 13.6. The smallest absolute Gasteiger partial charge is 0.234 e. The van der Waals surface area contributed by atoms with Crippen molar-refractivity contribution in [2.45, 2.75) is 20.8 Å². The molecule has 24 heavy (non-hydrogen) atoms. The molecule has 0 fully saturated rings.